The Balaban J connectivity index is 2.19. The number of nitrogens with one attached hydrogen (secondary N) is 1. The molecule has 1 aliphatic rings. The zero-order chi connectivity index (χ0) is 14.8. The van der Waals surface area contributed by atoms with Gasteiger partial charge in [0, 0.05) is 6.04 Å². The van der Waals surface area contributed by atoms with E-state index in [0.29, 0.717) is 23.1 Å². The summed E-state index contributed by atoms with van der Waals surface area (Å²) in [7, 11) is 1.35. The lowest BCUT2D eigenvalue weighted by Gasteiger charge is -2.39. The van der Waals surface area contributed by atoms with Gasteiger partial charge < -0.3 is 15.8 Å². The number of anilines is 2. The highest BCUT2D eigenvalue weighted by Gasteiger charge is 2.32. The van der Waals surface area contributed by atoms with Crippen LogP contribution >= 0.6 is 0 Å². The van der Waals surface area contributed by atoms with Crippen molar-refractivity contribution < 1.29 is 9.53 Å². The summed E-state index contributed by atoms with van der Waals surface area (Å²) in [5, 5.41) is 3.44. The minimum Gasteiger partial charge on any atom is -0.465 e. The fourth-order valence-corrected chi connectivity index (χ4v) is 2.77. The fraction of sp³-hybridized carbons (Fsp3) is 0.600. The molecule has 2 rings (SSSR count). The molecule has 0 amide bonds. The highest BCUT2D eigenvalue weighted by Crippen LogP contribution is 2.37. The molecule has 0 aliphatic heterocycles. The van der Waals surface area contributed by atoms with Crippen molar-refractivity contribution >= 4 is 17.5 Å². The molecule has 0 aromatic carbocycles. The lowest BCUT2D eigenvalue weighted by molar-refractivity contribution is 0.0602. The third-order valence-corrected chi connectivity index (χ3v) is 4.17. The predicted octanol–water partition coefficient (Wildman–Crippen LogP) is 2.83. The molecule has 0 radical (unpaired) electrons. The molecule has 0 bridgehead atoms. The molecule has 1 unspecified atom stereocenters. The van der Waals surface area contributed by atoms with Crippen LogP contribution in [0, 0.1) is 5.41 Å². The number of carbonyl (C=O) groups is 1. The van der Waals surface area contributed by atoms with Crippen LogP contribution in [0.3, 0.4) is 0 Å². The molecule has 1 saturated carbocycles. The van der Waals surface area contributed by atoms with E-state index in [-0.39, 0.29) is 5.41 Å². The first-order valence-corrected chi connectivity index (χ1v) is 7.04. The van der Waals surface area contributed by atoms with Crippen molar-refractivity contribution in [1.29, 1.82) is 0 Å². The molecule has 0 spiro atoms. The molecule has 1 aromatic rings. The van der Waals surface area contributed by atoms with Crippen molar-refractivity contribution in [2.75, 3.05) is 18.2 Å². The largest absolute Gasteiger partial charge is 0.465 e. The van der Waals surface area contributed by atoms with Crippen LogP contribution in [-0.4, -0.2) is 24.1 Å². The number of carbonyl (C=O) groups excluding carboxylic acids is 1. The molecular weight excluding hydrogens is 254 g/mol. The number of aromatic nitrogens is 1. The average molecular weight is 277 g/mol. The second kappa shape index (κ2) is 5.69. The summed E-state index contributed by atoms with van der Waals surface area (Å²) < 4.78 is 4.73. The van der Waals surface area contributed by atoms with E-state index in [1.54, 1.807) is 6.07 Å². The zero-order valence-electron chi connectivity index (χ0n) is 12.4. The number of pyridine rings is 1. The first-order valence-electron chi connectivity index (χ1n) is 7.04. The molecule has 110 valence electrons. The second-order valence-electron chi connectivity index (χ2n) is 6.08. The summed E-state index contributed by atoms with van der Waals surface area (Å²) in [6.45, 7) is 4.53. The van der Waals surface area contributed by atoms with Gasteiger partial charge in [-0.25, -0.2) is 9.78 Å². The highest BCUT2D eigenvalue weighted by atomic mass is 16.5. The minimum absolute atomic E-state index is 0.229. The Kier molecular flexibility index (Phi) is 4.16. The van der Waals surface area contributed by atoms with Gasteiger partial charge in [-0.15, -0.1) is 0 Å². The Morgan fingerprint density at radius 2 is 2.25 bits per heavy atom. The Labute approximate surface area is 119 Å². The van der Waals surface area contributed by atoms with E-state index in [4.69, 9.17) is 10.5 Å². The number of hydrogen-bond acceptors (Lipinski definition) is 5. The molecule has 5 nitrogen and oxygen atoms in total. The van der Waals surface area contributed by atoms with Gasteiger partial charge >= 0.3 is 5.97 Å². The quantitative estimate of drug-likeness (QED) is 0.831. The molecule has 20 heavy (non-hydrogen) atoms. The average Bonchev–Trinajstić information content (AvgIpc) is 2.42. The van der Waals surface area contributed by atoms with Crippen molar-refractivity contribution in [3.05, 3.63) is 17.8 Å². The molecule has 1 fully saturated rings. The van der Waals surface area contributed by atoms with Crippen molar-refractivity contribution in [2.45, 2.75) is 45.6 Å². The van der Waals surface area contributed by atoms with Crippen LogP contribution in [0.2, 0.25) is 0 Å². The maximum Gasteiger partial charge on any atom is 0.340 e. The van der Waals surface area contributed by atoms with E-state index in [2.05, 4.69) is 24.1 Å². The lowest BCUT2D eigenvalue weighted by Crippen LogP contribution is -2.39. The summed E-state index contributed by atoms with van der Waals surface area (Å²) in [5.41, 5.74) is 6.69. The fourth-order valence-electron chi connectivity index (χ4n) is 2.77. The van der Waals surface area contributed by atoms with Gasteiger partial charge in [0.2, 0.25) is 0 Å². The highest BCUT2D eigenvalue weighted by molar-refractivity contribution is 5.95. The summed E-state index contributed by atoms with van der Waals surface area (Å²) in [4.78, 5) is 15.9. The molecule has 1 heterocycles. The number of nitrogens with zero attached hydrogens (tertiary/aromatic N) is 1. The molecule has 1 atom stereocenters. The smallest absolute Gasteiger partial charge is 0.340 e. The third-order valence-electron chi connectivity index (χ3n) is 4.17. The molecule has 5 heteroatoms. The van der Waals surface area contributed by atoms with E-state index in [9.17, 15) is 4.79 Å². The van der Waals surface area contributed by atoms with Crippen molar-refractivity contribution in [1.82, 2.24) is 4.98 Å². The molecule has 3 N–H and O–H groups in total. The van der Waals surface area contributed by atoms with Gasteiger partial charge in [0.05, 0.1) is 24.6 Å². The van der Waals surface area contributed by atoms with Gasteiger partial charge in [-0.3, -0.25) is 0 Å². The van der Waals surface area contributed by atoms with E-state index in [0.717, 1.165) is 6.42 Å². The number of nitrogens with two attached hydrogens (primary N) is 1. The third kappa shape index (κ3) is 3.03. The lowest BCUT2D eigenvalue weighted by atomic mass is 9.73. The monoisotopic (exact) mass is 277 g/mol. The minimum atomic E-state index is -0.434. The van der Waals surface area contributed by atoms with Crippen LogP contribution in [0.4, 0.5) is 11.5 Å². The topological polar surface area (TPSA) is 77.2 Å². The summed E-state index contributed by atoms with van der Waals surface area (Å²) in [6.07, 6.45) is 6.31. The van der Waals surface area contributed by atoms with Crippen LogP contribution in [0.25, 0.3) is 0 Å². The van der Waals surface area contributed by atoms with Gasteiger partial charge in [0.15, 0.2) is 0 Å². The first kappa shape index (κ1) is 14.6. The van der Waals surface area contributed by atoms with Crippen molar-refractivity contribution in [3.8, 4) is 0 Å². The van der Waals surface area contributed by atoms with E-state index in [1.165, 1.54) is 32.6 Å². The van der Waals surface area contributed by atoms with Gasteiger partial charge in [-0.1, -0.05) is 26.7 Å². The summed E-state index contributed by atoms with van der Waals surface area (Å²) >= 11 is 0. The van der Waals surface area contributed by atoms with Gasteiger partial charge in [-0.05, 0) is 24.3 Å². The standard InChI is InChI=1S/C15H23N3O2/c1-15(2)7-5-4-6-12(15)18-13-8-10(14(19)20-3)11(16)9-17-13/h8-9,12H,4-7,16H2,1-3H3,(H,17,18). The first-order chi connectivity index (χ1) is 9.44. The van der Waals surface area contributed by atoms with Gasteiger partial charge in [-0.2, -0.15) is 0 Å². The van der Waals surface area contributed by atoms with Crippen LogP contribution in [0.15, 0.2) is 12.3 Å². The number of nitrogen functional groups attached to an aromatic ring is 1. The van der Waals surface area contributed by atoms with Gasteiger partial charge in [0.25, 0.3) is 0 Å². The van der Waals surface area contributed by atoms with Crippen LogP contribution in [-0.2, 0) is 4.74 Å². The summed E-state index contributed by atoms with van der Waals surface area (Å²) in [6, 6.07) is 2.03. The zero-order valence-corrected chi connectivity index (χ0v) is 12.4. The number of hydrogen-bond donors (Lipinski definition) is 2. The van der Waals surface area contributed by atoms with Crippen molar-refractivity contribution in [3.63, 3.8) is 0 Å². The van der Waals surface area contributed by atoms with Crippen LogP contribution in [0.1, 0.15) is 49.9 Å². The van der Waals surface area contributed by atoms with Crippen LogP contribution in [0.5, 0.6) is 0 Å². The normalized spacial score (nSPS) is 21.2. The number of rotatable bonds is 3. The van der Waals surface area contributed by atoms with Gasteiger partial charge in [0.1, 0.15) is 5.82 Å². The molecule has 1 aromatic heterocycles. The Bertz CT molecular complexity index is 500. The second-order valence-corrected chi connectivity index (χ2v) is 6.08. The van der Waals surface area contributed by atoms with E-state index >= 15 is 0 Å². The number of methoxy groups -OCH3 is 1. The molecular formula is C15H23N3O2. The maximum absolute atomic E-state index is 11.6. The number of ether oxygens (including phenoxy) is 1. The Morgan fingerprint density at radius 3 is 2.90 bits per heavy atom. The predicted molar refractivity (Wildman–Crippen MR) is 79.6 cm³/mol. The maximum atomic E-state index is 11.6. The number of esters is 1. The van der Waals surface area contributed by atoms with E-state index in [1.807, 2.05) is 0 Å². The van der Waals surface area contributed by atoms with E-state index < -0.39 is 5.97 Å². The Morgan fingerprint density at radius 1 is 1.50 bits per heavy atom. The SMILES string of the molecule is COC(=O)c1cc(NC2CCCCC2(C)C)ncc1N. The van der Waals surface area contributed by atoms with Crippen molar-refractivity contribution in [2.24, 2.45) is 5.41 Å². The Hall–Kier alpha value is -1.78. The summed E-state index contributed by atoms with van der Waals surface area (Å²) in [5.74, 6) is 0.246. The molecule has 0 saturated heterocycles. The van der Waals surface area contributed by atoms with Crippen LogP contribution < -0.4 is 11.1 Å². The molecule has 1 aliphatic carbocycles.